The summed E-state index contributed by atoms with van der Waals surface area (Å²) in [4.78, 5) is 30.2. The lowest BCUT2D eigenvalue weighted by molar-refractivity contribution is -0.0285. The third kappa shape index (κ3) is 6.24. The fourth-order valence-corrected chi connectivity index (χ4v) is 5.66. The molecule has 0 bridgehead atoms. The Hall–Kier alpha value is -4.48. The number of ether oxygens (including phenoxy) is 3. The molecule has 0 radical (unpaired) electrons. The van der Waals surface area contributed by atoms with Crippen molar-refractivity contribution in [2.24, 2.45) is 0 Å². The van der Waals surface area contributed by atoms with Gasteiger partial charge in [-0.2, -0.15) is 0 Å². The number of rotatable bonds is 9. The third-order valence-corrected chi connectivity index (χ3v) is 7.84. The minimum atomic E-state index is -0.639. The summed E-state index contributed by atoms with van der Waals surface area (Å²) in [5, 5.41) is 3.34. The van der Waals surface area contributed by atoms with Gasteiger partial charge in [0.1, 0.15) is 24.2 Å². The number of pyridine rings is 1. The molecule has 5 rings (SSSR count). The number of aromatic nitrogens is 1. The predicted octanol–water partition coefficient (Wildman–Crippen LogP) is 5.01. The number of para-hydroxylation sites is 1. The number of anilines is 1. The molecule has 44 heavy (non-hydrogen) atoms. The Balaban J connectivity index is 1.55. The highest BCUT2D eigenvalue weighted by Gasteiger charge is 2.25. The highest BCUT2D eigenvalue weighted by Crippen LogP contribution is 2.36. The minimum absolute atomic E-state index is 0.0326. The summed E-state index contributed by atoms with van der Waals surface area (Å²) in [6.07, 6.45) is 0. The fourth-order valence-electron chi connectivity index (χ4n) is 5.66. The van der Waals surface area contributed by atoms with Crippen LogP contribution in [0, 0.1) is 25.5 Å². The maximum Gasteiger partial charge on any atom is 0.317 e. The average molecular weight is 607 g/mol. The number of amides is 2. The van der Waals surface area contributed by atoms with E-state index in [1.165, 1.54) is 38.5 Å². The molecule has 1 fully saturated rings. The predicted molar refractivity (Wildman–Crippen MR) is 166 cm³/mol. The number of fused-ring (bicyclic) bond motifs is 1. The summed E-state index contributed by atoms with van der Waals surface area (Å²) in [5.41, 5.74) is 3.24. The standard InChI is InChI=1S/C33H36F2N4O5/c1-21-6-5-7-22(2)32(21)39-30-18-25(24-9-8-23(43-4)16-27(24)34)28(35)17-26(30)29(19-31(39)40)37-11-13-38(14-12-37)33(41)36-10-15-44-20-42-3/h5-9,16-19H,10-15,20H2,1-4H3,(H,36,41). The van der Waals surface area contributed by atoms with Crippen molar-refractivity contribution in [1.82, 2.24) is 14.8 Å². The highest BCUT2D eigenvalue weighted by molar-refractivity contribution is 5.96. The smallest absolute Gasteiger partial charge is 0.317 e. The van der Waals surface area contributed by atoms with Gasteiger partial charge < -0.3 is 29.3 Å². The molecule has 0 aliphatic carbocycles. The molecule has 0 spiro atoms. The lowest BCUT2D eigenvalue weighted by atomic mass is 10.00. The molecule has 4 aromatic rings. The summed E-state index contributed by atoms with van der Waals surface area (Å²) in [6, 6.07) is 14.2. The Morgan fingerprint density at radius 2 is 1.61 bits per heavy atom. The van der Waals surface area contributed by atoms with Crippen LogP contribution in [0.5, 0.6) is 5.75 Å². The van der Waals surface area contributed by atoms with Gasteiger partial charge in [-0.05, 0) is 49.2 Å². The van der Waals surface area contributed by atoms with Crippen LogP contribution in [0.4, 0.5) is 19.3 Å². The van der Waals surface area contributed by atoms with Crippen molar-refractivity contribution in [3.8, 4) is 22.6 Å². The summed E-state index contributed by atoms with van der Waals surface area (Å²) < 4.78 is 47.8. The first-order valence-electron chi connectivity index (χ1n) is 14.4. The molecule has 1 aliphatic rings. The highest BCUT2D eigenvalue weighted by atomic mass is 19.1. The van der Waals surface area contributed by atoms with Crippen molar-refractivity contribution >= 4 is 22.6 Å². The zero-order valence-corrected chi connectivity index (χ0v) is 25.3. The van der Waals surface area contributed by atoms with E-state index in [-0.39, 0.29) is 29.5 Å². The summed E-state index contributed by atoms with van der Waals surface area (Å²) >= 11 is 0. The summed E-state index contributed by atoms with van der Waals surface area (Å²) in [6.45, 7) is 6.34. The molecule has 0 unspecified atom stereocenters. The lowest BCUT2D eigenvalue weighted by Crippen LogP contribution is -2.52. The van der Waals surface area contributed by atoms with Gasteiger partial charge in [0.15, 0.2) is 0 Å². The van der Waals surface area contributed by atoms with Gasteiger partial charge in [0, 0.05) is 68.5 Å². The fraction of sp³-hybridized carbons (Fsp3) is 0.333. The topological polar surface area (TPSA) is 85.3 Å². The molecule has 2 amide bonds. The van der Waals surface area contributed by atoms with Crippen molar-refractivity contribution in [2.45, 2.75) is 13.8 Å². The second kappa shape index (κ2) is 13.4. The van der Waals surface area contributed by atoms with E-state index in [2.05, 4.69) is 5.32 Å². The van der Waals surface area contributed by atoms with Gasteiger partial charge in [0.2, 0.25) is 0 Å². The zero-order chi connectivity index (χ0) is 31.4. The van der Waals surface area contributed by atoms with E-state index in [4.69, 9.17) is 14.2 Å². The van der Waals surface area contributed by atoms with Crippen LogP contribution < -0.4 is 20.5 Å². The van der Waals surface area contributed by atoms with E-state index in [1.807, 2.05) is 36.9 Å². The maximum atomic E-state index is 15.9. The molecule has 0 saturated carbocycles. The summed E-state index contributed by atoms with van der Waals surface area (Å²) in [7, 11) is 2.96. The largest absolute Gasteiger partial charge is 0.497 e. The second-order valence-electron chi connectivity index (χ2n) is 10.7. The van der Waals surface area contributed by atoms with Gasteiger partial charge in [0.05, 0.1) is 30.6 Å². The molecule has 232 valence electrons. The first-order chi connectivity index (χ1) is 21.2. The van der Waals surface area contributed by atoms with Crippen LogP contribution in [-0.4, -0.2) is 75.8 Å². The van der Waals surface area contributed by atoms with Gasteiger partial charge >= 0.3 is 6.03 Å². The van der Waals surface area contributed by atoms with E-state index in [0.717, 1.165) is 11.1 Å². The number of carbonyl (C=O) groups is 1. The number of carbonyl (C=O) groups excluding carboxylic acids is 1. The van der Waals surface area contributed by atoms with E-state index < -0.39 is 11.6 Å². The number of hydrogen-bond donors (Lipinski definition) is 1. The zero-order valence-electron chi connectivity index (χ0n) is 25.3. The van der Waals surface area contributed by atoms with Crippen molar-refractivity contribution in [2.75, 3.05) is 65.2 Å². The molecule has 9 nitrogen and oxygen atoms in total. The molecule has 1 N–H and O–H groups in total. The number of urea groups is 1. The number of halogens is 2. The van der Waals surface area contributed by atoms with Crippen LogP contribution >= 0.6 is 0 Å². The van der Waals surface area contributed by atoms with E-state index in [1.54, 1.807) is 21.6 Å². The Bertz CT molecular complexity index is 1710. The second-order valence-corrected chi connectivity index (χ2v) is 10.7. The number of hydrogen-bond acceptors (Lipinski definition) is 6. The number of nitrogens with one attached hydrogen (secondary N) is 1. The SMILES string of the molecule is COCOCCNC(=O)N1CCN(c2cc(=O)n(-c3c(C)cccc3C)c3cc(-c4ccc(OC)cc4F)c(F)cc23)CC1. The average Bonchev–Trinajstić information content (AvgIpc) is 3.01. The first kappa shape index (κ1) is 31.0. The lowest BCUT2D eigenvalue weighted by Gasteiger charge is -2.36. The normalized spacial score (nSPS) is 13.4. The molecule has 3 aromatic carbocycles. The summed E-state index contributed by atoms with van der Waals surface area (Å²) in [5.74, 6) is -0.947. The van der Waals surface area contributed by atoms with Gasteiger partial charge in [-0.3, -0.25) is 9.36 Å². The van der Waals surface area contributed by atoms with Gasteiger partial charge in [-0.15, -0.1) is 0 Å². The van der Waals surface area contributed by atoms with Crippen molar-refractivity contribution in [3.05, 3.63) is 87.7 Å². The van der Waals surface area contributed by atoms with Crippen LogP contribution in [0.15, 0.2) is 59.4 Å². The number of aryl methyl sites for hydroxylation is 2. The van der Waals surface area contributed by atoms with Gasteiger partial charge in [-0.1, -0.05) is 18.2 Å². The molecule has 11 heteroatoms. The van der Waals surface area contributed by atoms with Crippen LogP contribution in [0.1, 0.15) is 11.1 Å². The molecule has 0 atom stereocenters. The number of nitrogens with zero attached hydrogens (tertiary/aromatic N) is 3. The first-order valence-corrected chi connectivity index (χ1v) is 14.4. The quantitative estimate of drug-likeness (QED) is 0.213. The van der Waals surface area contributed by atoms with Crippen molar-refractivity contribution < 1.29 is 27.8 Å². The molecular formula is C33H36F2N4O5. The number of methoxy groups -OCH3 is 2. The number of piperazine rings is 1. The third-order valence-electron chi connectivity index (χ3n) is 7.84. The van der Waals surface area contributed by atoms with Crippen LogP contribution in [0.2, 0.25) is 0 Å². The molecular weight excluding hydrogens is 570 g/mol. The Labute approximate surface area is 254 Å². The van der Waals surface area contributed by atoms with Gasteiger partial charge in [-0.25, -0.2) is 13.6 Å². The van der Waals surface area contributed by atoms with Crippen LogP contribution in [0.25, 0.3) is 27.7 Å². The van der Waals surface area contributed by atoms with Crippen molar-refractivity contribution in [3.63, 3.8) is 0 Å². The maximum absolute atomic E-state index is 15.9. The Kier molecular flexibility index (Phi) is 9.46. The monoisotopic (exact) mass is 606 g/mol. The van der Waals surface area contributed by atoms with Gasteiger partial charge in [0.25, 0.3) is 5.56 Å². The van der Waals surface area contributed by atoms with E-state index >= 15 is 8.78 Å². The molecule has 1 aliphatic heterocycles. The number of benzene rings is 3. The van der Waals surface area contributed by atoms with Crippen LogP contribution in [-0.2, 0) is 9.47 Å². The Morgan fingerprint density at radius 1 is 0.909 bits per heavy atom. The molecule has 2 heterocycles. The van der Waals surface area contributed by atoms with E-state index in [0.29, 0.717) is 67.4 Å². The van der Waals surface area contributed by atoms with Crippen LogP contribution in [0.3, 0.4) is 0 Å². The Morgan fingerprint density at radius 3 is 2.27 bits per heavy atom. The van der Waals surface area contributed by atoms with E-state index in [9.17, 15) is 9.59 Å². The minimum Gasteiger partial charge on any atom is -0.497 e. The molecule has 1 saturated heterocycles. The molecule has 1 aromatic heterocycles. The van der Waals surface area contributed by atoms with Crippen molar-refractivity contribution in [1.29, 1.82) is 0 Å².